The Morgan fingerprint density at radius 3 is 2.06 bits per heavy atom. The predicted octanol–water partition coefficient (Wildman–Crippen LogP) is 6.02. The van der Waals surface area contributed by atoms with Crippen LogP contribution in [0.25, 0.3) is 0 Å². The first kappa shape index (κ1) is 21.3. The lowest BCUT2D eigenvalue weighted by atomic mass is 9.88. The van der Waals surface area contributed by atoms with Crippen LogP contribution in [0.1, 0.15) is 46.0 Å². The summed E-state index contributed by atoms with van der Waals surface area (Å²) in [5.41, 5.74) is 4.44. The first-order valence-electron chi connectivity index (χ1n) is 11.2. The highest BCUT2D eigenvalue weighted by atomic mass is 16.5. The van der Waals surface area contributed by atoms with Crippen molar-refractivity contribution < 1.29 is 9.53 Å². The monoisotopic (exact) mass is 413 g/mol. The van der Waals surface area contributed by atoms with Gasteiger partial charge in [0.2, 0.25) is 0 Å². The molecule has 0 bridgehead atoms. The summed E-state index contributed by atoms with van der Waals surface area (Å²) in [5, 5.41) is 0. The van der Waals surface area contributed by atoms with Crippen molar-refractivity contribution in [2.24, 2.45) is 5.92 Å². The Bertz CT molecular complexity index is 972. The Morgan fingerprint density at radius 2 is 1.45 bits per heavy atom. The van der Waals surface area contributed by atoms with E-state index in [2.05, 4.69) is 55.1 Å². The molecule has 0 radical (unpaired) electrons. The third-order valence-corrected chi connectivity index (χ3v) is 6.19. The van der Waals surface area contributed by atoms with Gasteiger partial charge in [-0.2, -0.15) is 0 Å². The third kappa shape index (κ3) is 5.62. The minimum atomic E-state index is -0.0340. The lowest BCUT2D eigenvalue weighted by molar-refractivity contribution is 0.0769. The molecule has 1 atom stereocenters. The summed E-state index contributed by atoms with van der Waals surface area (Å²) in [5.74, 6) is 1.30. The number of ketones is 1. The normalized spacial score (nSPS) is 16.1. The summed E-state index contributed by atoms with van der Waals surface area (Å²) < 4.78 is 6.40. The Morgan fingerprint density at radius 1 is 0.871 bits per heavy atom. The van der Waals surface area contributed by atoms with E-state index in [9.17, 15) is 4.79 Å². The molecule has 4 rings (SSSR count). The predicted molar refractivity (Wildman–Crippen MR) is 126 cm³/mol. The first-order chi connectivity index (χ1) is 15.1. The van der Waals surface area contributed by atoms with Gasteiger partial charge in [0.25, 0.3) is 0 Å². The number of ether oxygens (including phenoxy) is 1. The van der Waals surface area contributed by atoms with Gasteiger partial charge in [-0.15, -0.1) is 0 Å². The van der Waals surface area contributed by atoms with E-state index in [0.717, 1.165) is 43.8 Å². The molecule has 1 aliphatic heterocycles. The van der Waals surface area contributed by atoms with Crippen LogP contribution in [-0.2, 0) is 0 Å². The van der Waals surface area contributed by atoms with Crippen LogP contribution in [0.5, 0.6) is 5.75 Å². The Balaban J connectivity index is 1.39. The fourth-order valence-electron chi connectivity index (χ4n) is 4.23. The highest BCUT2D eigenvalue weighted by Gasteiger charge is 2.27. The van der Waals surface area contributed by atoms with E-state index in [1.165, 1.54) is 16.7 Å². The summed E-state index contributed by atoms with van der Waals surface area (Å²) >= 11 is 0. The molecule has 0 saturated carbocycles. The summed E-state index contributed by atoms with van der Waals surface area (Å²) in [7, 11) is 0. The number of carbonyl (C=O) groups is 1. The molecular weight excluding hydrogens is 382 g/mol. The molecule has 3 heteroatoms. The van der Waals surface area contributed by atoms with Gasteiger partial charge >= 0.3 is 0 Å². The van der Waals surface area contributed by atoms with Gasteiger partial charge in [0.1, 0.15) is 11.9 Å². The van der Waals surface area contributed by atoms with Gasteiger partial charge in [-0.25, -0.2) is 0 Å². The molecular formula is C28H31NO2. The zero-order valence-electron chi connectivity index (χ0n) is 18.5. The van der Waals surface area contributed by atoms with Crippen molar-refractivity contribution >= 4 is 5.78 Å². The average molecular weight is 414 g/mol. The maximum Gasteiger partial charge on any atom is 0.166 e. The van der Waals surface area contributed by atoms with Crippen molar-refractivity contribution in [3.63, 3.8) is 0 Å². The summed E-state index contributed by atoms with van der Waals surface area (Å²) in [6, 6.07) is 26.6. The highest BCUT2D eigenvalue weighted by Crippen LogP contribution is 2.27. The largest absolute Gasteiger partial charge is 0.484 e. The molecule has 31 heavy (non-hydrogen) atoms. The minimum absolute atomic E-state index is 0.0340. The van der Waals surface area contributed by atoms with Gasteiger partial charge in [0, 0.05) is 18.0 Å². The van der Waals surface area contributed by atoms with Crippen LogP contribution < -0.4 is 4.74 Å². The number of carbonyl (C=O) groups excluding carboxylic acids is 1. The van der Waals surface area contributed by atoms with Crippen molar-refractivity contribution in [1.82, 2.24) is 4.90 Å². The highest BCUT2D eigenvalue weighted by molar-refractivity contribution is 5.97. The smallest absolute Gasteiger partial charge is 0.166 e. The molecule has 0 amide bonds. The lowest BCUT2D eigenvalue weighted by Gasteiger charge is -2.34. The maximum atomic E-state index is 12.9. The van der Waals surface area contributed by atoms with Crippen molar-refractivity contribution in [2.75, 3.05) is 19.6 Å². The van der Waals surface area contributed by atoms with Gasteiger partial charge in [-0.1, -0.05) is 77.9 Å². The number of Topliss-reactive ketones (excluding diaryl/α,β-unsaturated/α-hetero) is 1. The molecule has 3 aromatic carbocycles. The van der Waals surface area contributed by atoms with Crippen LogP contribution in [0, 0.1) is 19.8 Å². The van der Waals surface area contributed by atoms with Gasteiger partial charge in [-0.05, 0) is 57.5 Å². The average Bonchev–Trinajstić information content (AvgIpc) is 2.81. The van der Waals surface area contributed by atoms with Crippen LogP contribution in [0.2, 0.25) is 0 Å². The van der Waals surface area contributed by atoms with Crippen LogP contribution in [0.15, 0.2) is 78.9 Å². The van der Waals surface area contributed by atoms with E-state index in [1.54, 1.807) is 0 Å². The third-order valence-electron chi connectivity index (χ3n) is 6.19. The number of piperidine rings is 1. The van der Waals surface area contributed by atoms with Gasteiger partial charge in [-0.3, -0.25) is 9.69 Å². The number of hydrogen-bond acceptors (Lipinski definition) is 3. The summed E-state index contributed by atoms with van der Waals surface area (Å²) in [6.45, 7) is 6.80. The Kier molecular flexibility index (Phi) is 6.83. The molecule has 160 valence electrons. The number of likely N-dealkylation sites (tertiary alicyclic amines) is 1. The lowest BCUT2D eigenvalue weighted by Crippen LogP contribution is -2.39. The van der Waals surface area contributed by atoms with Crippen molar-refractivity contribution in [3.05, 3.63) is 101 Å². The standard InChI is InChI=1S/C28H31NO2/c1-21-8-12-24(13-9-21)28(30)25-16-18-29(19-17-25)20-27(23-6-4-3-5-7-23)31-26-14-10-22(2)11-15-26/h3-15,25,27H,16-20H2,1-2H3. The van der Waals surface area contributed by atoms with E-state index in [1.807, 2.05) is 42.5 Å². The van der Waals surface area contributed by atoms with Crippen molar-refractivity contribution in [2.45, 2.75) is 32.8 Å². The van der Waals surface area contributed by atoms with Crippen LogP contribution in [-0.4, -0.2) is 30.3 Å². The SMILES string of the molecule is Cc1ccc(OC(CN2CCC(C(=O)c3ccc(C)cc3)CC2)c2ccccc2)cc1. The Hall–Kier alpha value is -2.91. The van der Waals surface area contributed by atoms with Gasteiger partial charge in [0.15, 0.2) is 5.78 Å². The fourth-order valence-corrected chi connectivity index (χ4v) is 4.23. The number of nitrogens with zero attached hydrogens (tertiary/aromatic N) is 1. The molecule has 0 aromatic heterocycles. The van der Waals surface area contributed by atoms with Crippen LogP contribution in [0.4, 0.5) is 0 Å². The second-order valence-corrected chi connectivity index (χ2v) is 8.64. The van der Waals surface area contributed by atoms with Crippen molar-refractivity contribution in [1.29, 1.82) is 0 Å². The fraction of sp³-hybridized carbons (Fsp3) is 0.321. The number of benzene rings is 3. The van der Waals surface area contributed by atoms with Crippen LogP contribution >= 0.6 is 0 Å². The first-order valence-corrected chi connectivity index (χ1v) is 11.2. The molecule has 3 aromatic rings. The van der Waals surface area contributed by atoms with E-state index < -0.39 is 0 Å². The molecule has 1 heterocycles. The number of hydrogen-bond donors (Lipinski definition) is 0. The quantitative estimate of drug-likeness (QED) is 0.444. The summed E-state index contributed by atoms with van der Waals surface area (Å²) in [6.07, 6.45) is 1.77. The maximum absolute atomic E-state index is 12.9. The van der Waals surface area contributed by atoms with E-state index in [4.69, 9.17) is 4.74 Å². The zero-order valence-corrected chi connectivity index (χ0v) is 18.5. The molecule has 1 saturated heterocycles. The molecule has 3 nitrogen and oxygen atoms in total. The molecule has 0 spiro atoms. The molecule has 1 aliphatic rings. The number of rotatable bonds is 7. The van der Waals surface area contributed by atoms with E-state index >= 15 is 0 Å². The van der Waals surface area contributed by atoms with Crippen LogP contribution in [0.3, 0.4) is 0 Å². The molecule has 0 aliphatic carbocycles. The van der Waals surface area contributed by atoms with Crippen molar-refractivity contribution in [3.8, 4) is 5.75 Å². The second-order valence-electron chi connectivity index (χ2n) is 8.64. The van der Waals surface area contributed by atoms with E-state index in [0.29, 0.717) is 0 Å². The Labute approximate surface area is 185 Å². The molecule has 1 unspecified atom stereocenters. The zero-order chi connectivity index (χ0) is 21.6. The second kappa shape index (κ2) is 9.93. The van der Waals surface area contributed by atoms with Gasteiger partial charge < -0.3 is 4.74 Å². The number of aryl methyl sites for hydroxylation is 2. The van der Waals surface area contributed by atoms with Gasteiger partial charge in [0.05, 0.1) is 0 Å². The molecule has 0 N–H and O–H groups in total. The van der Waals surface area contributed by atoms with E-state index in [-0.39, 0.29) is 17.8 Å². The molecule has 1 fully saturated rings. The summed E-state index contributed by atoms with van der Waals surface area (Å²) in [4.78, 5) is 15.3. The topological polar surface area (TPSA) is 29.5 Å². The minimum Gasteiger partial charge on any atom is -0.484 e.